The lowest BCUT2D eigenvalue weighted by molar-refractivity contribution is -0.137. The average molecular weight is 370 g/mol. The molecule has 2 unspecified atom stereocenters. The minimum Gasteiger partial charge on any atom is -0.481 e. The highest BCUT2D eigenvalue weighted by Gasteiger charge is 2.25. The van der Waals surface area contributed by atoms with Crippen LogP contribution in [0.1, 0.15) is 48.5 Å². The summed E-state index contributed by atoms with van der Waals surface area (Å²) >= 11 is 0. The molecule has 0 spiro atoms. The molecule has 3 rings (SSSR count). The number of carboxylic acid groups (broad SMARTS) is 1. The number of aromatic nitrogens is 2. The van der Waals surface area contributed by atoms with Gasteiger partial charge in [0.15, 0.2) is 0 Å². The van der Waals surface area contributed by atoms with Crippen LogP contribution in [0.5, 0.6) is 0 Å². The minimum atomic E-state index is -0.859. The molecule has 1 aromatic heterocycles. The molecule has 0 fully saturated rings. The lowest BCUT2D eigenvalue weighted by Crippen LogP contribution is -2.45. The summed E-state index contributed by atoms with van der Waals surface area (Å²) in [6, 6.07) is 9.23. The van der Waals surface area contributed by atoms with Gasteiger partial charge in [-0.25, -0.2) is 4.79 Å². The molecule has 1 aliphatic carbocycles. The maximum Gasteiger partial charge on any atom is 0.315 e. The molecule has 0 bridgehead atoms. The van der Waals surface area contributed by atoms with E-state index in [1.807, 2.05) is 48.3 Å². The predicted octanol–water partition coefficient (Wildman–Crippen LogP) is 2.57. The molecule has 7 heteroatoms. The van der Waals surface area contributed by atoms with E-state index in [1.165, 1.54) is 5.69 Å². The number of hydrogen-bond acceptors (Lipinski definition) is 3. The number of benzene rings is 1. The van der Waals surface area contributed by atoms with Crippen molar-refractivity contribution in [2.24, 2.45) is 7.05 Å². The van der Waals surface area contributed by atoms with E-state index in [0.29, 0.717) is 12.8 Å². The monoisotopic (exact) mass is 370 g/mol. The van der Waals surface area contributed by atoms with Crippen molar-refractivity contribution in [1.82, 2.24) is 20.4 Å². The number of aryl methyl sites for hydroxylation is 1. The maximum atomic E-state index is 12.6. The first-order chi connectivity index (χ1) is 13.0. The molecule has 0 saturated carbocycles. The Morgan fingerprint density at radius 3 is 2.85 bits per heavy atom. The third-order valence-corrected chi connectivity index (χ3v) is 5.05. The van der Waals surface area contributed by atoms with Crippen LogP contribution in [0.4, 0.5) is 4.79 Å². The summed E-state index contributed by atoms with van der Waals surface area (Å²) in [6.07, 6.45) is 5.69. The van der Waals surface area contributed by atoms with Crippen LogP contribution in [0.15, 0.2) is 36.5 Å². The number of urea groups is 1. The van der Waals surface area contributed by atoms with Gasteiger partial charge in [-0.15, -0.1) is 0 Å². The summed E-state index contributed by atoms with van der Waals surface area (Å²) in [4.78, 5) is 23.5. The SMILES string of the molecule is Cn1ncc2c1CCCC2NC(=O)NC(CCC(=O)O)Cc1ccccc1. The lowest BCUT2D eigenvalue weighted by Gasteiger charge is -2.26. The van der Waals surface area contributed by atoms with Gasteiger partial charge in [-0.1, -0.05) is 30.3 Å². The number of hydrogen-bond donors (Lipinski definition) is 3. The molecule has 27 heavy (non-hydrogen) atoms. The molecule has 1 aromatic carbocycles. The van der Waals surface area contributed by atoms with Gasteiger partial charge in [0.1, 0.15) is 0 Å². The fraction of sp³-hybridized carbons (Fsp3) is 0.450. The van der Waals surface area contributed by atoms with E-state index in [1.54, 1.807) is 0 Å². The molecule has 0 radical (unpaired) electrons. The van der Waals surface area contributed by atoms with Crippen molar-refractivity contribution >= 4 is 12.0 Å². The van der Waals surface area contributed by atoms with Gasteiger partial charge in [0.25, 0.3) is 0 Å². The number of carboxylic acids is 1. The van der Waals surface area contributed by atoms with Gasteiger partial charge in [-0.3, -0.25) is 9.48 Å². The minimum absolute atomic E-state index is 0.0218. The molecular weight excluding hydrogens is 344 g/mol. The largest absolute Gasteiger partial charge is 0.481 e. The highest BCUT2D eigenvalue weighted by Crippen LogP contribution is 2.29. The molecule has 1 aliphatic rings. The average Bonchev–Trinajstić information content (AvgIpc) is 3.03. The molecule has 2 aromatic rings. The fourth-order valence-electron chi connectivity index (χ4n) is 3.66. The second kappa shape index (κ2) is 8.70. The van der Waals surface area contributed by atoms with Crippen LogP contribution in [0, 0.1) is 0 Å². The van der Waals surface area contributed by atoms with Crippen molar-refractivity contribution in [3.8, 4) is 0 Å². The number of amides is 2. The van der Waals surface area contributed by atoms with Crippen LogP contribution in [0.3, 0.4) is 0 Å². The molecule has 7 nitrogen and oxygen atoms in total. The topological polar surface area (TPSA) is 96.3 Å². The molecule has 1 heterocycles. The van der Waals surface area contributed by atoms with Crippen LogP contribution >= 0.6 is 0 Å². The summed E-state index contributed by atoms with van der Waals surface area (Å²) in [5.41, 5.74) is 3.31. The Labute approximate surface area is 158 Å². The van der Waals surface area contributed by atoms with Gasteiger partial charge in [0.05, 0.1) is 12.2 Å². The molecule has 2 atom stereocenters. The zero-order valence-corrected chi connectivity index (χ0v) is 15.5. The number of rotatable bonds is 7. The van der Waals surface area contributed by atoms with E-state index in [9.17, 15) is 9.59 Å². The van der Waals surface area contributed by atoms with E-state index in [0.717, 1.165) is 30.4 Å². The molecule has 2 amide bonds. The first-order valence-electron chi connectivity index (χ1n) is 9.36. The highest BCUT2D eigenvalue weighted by atomic mass is 16.4. The summed E-state index contributed by atoms with van der Waals surface area (Å²) in [6.45, 7) is 0. The van der Waals surface area contributed by atoms with Gasteiger partial charge in [0, 0.05) is 30.8 Å². The number of nitrogens with zero attached hydrogens (tertiary/aromatic N) is 2. The van der Waals surface area contributed by atoms with E-state index in [-0.39, 0.29) is 24.5 Å². The Morgan fingerprint density at radius 2 is 2.11 bits per heavy atom. The predicted molar refractivity (Wildman–Crippen MR) is 101 cm³/mol. The zero-order chi connectivity index (χ0) is 19.2. The summed E-state index contributed by atoms with van der Waals surface area (Å²) < 4.78 is 1.87. The van der Waals surface area contributed by atoms with Crippen LogP contribution < -0.4 is 10.6 Å². The Kier molecular flexibility index (Phi) is 6.11. The van der Waals surface area contributed by atoms with Gasteiger partial charge >= 0.3 is 12.0 Å². The smallest absolute Gasteiger partial charge is 0.315 e. The van der Waals surface area contributed by atoms with Crippen molar-refractivity contribution in [3.05, 3.63) is 53.3 Å². The maximum absolute atomic E-state index is 12.6. The first kappa shape index (κ1) is 18.9. The third kappa shape index (κ3) is 5.09. The number of nitrogens with one attached hydrogen (secondary N) is 2. The number of aliphatic carboxylic acids is 1. The van der Waals surface area contributed by atoms with Gasteiger partial charge in [-0.05, 0) is 37.7 Å². The third-order valence-electron chi connectivity index (χ3n) is 5.05. The Hall–Kier alpha value is -2.83. The highest BCUT2D eigenvalue weighted by molar-refractivity contribution is 5.75. The fourth-order valence-corrected chi connectivity index (χ4v) is 3.66. The molecule has 0 saturated heterocycles. The van der Waals surface area contributed by atoms with Crippen LogP contribution in [-0.4, -0.2) is 32.9 Å². The molecule has 144 valence electrons. The Bertz CT molecular complexity index is 788. The van der Waals surface area contributed by atoms with Crippen LogP contribution in [-0.2, 0) is 24.7 Å². The summed E-state index contributed by atoms with van der Waals surface area (Å²) in [7, 11) is 1.92. The van der Waals surface area contributed by atoms with Crippen molar-refractivity contribution in [2.75, 3.05) is 0 Å². The van der Waals surface area contributed by atoms with Crippen molar-refractivity contribution in [3.63, 3.8) is 0 Å². The van der Waals surface area contributed by atoms with E-state index >= 15 is 0 Å². The normalized spacial score (nSPS) is 17.0. The molecule has 0 aliphatic heterocycles. The van der Waals surface area contributed by atoms with Crippen molar-refractivity contribution in [1.29, 1.82) is 0 Å². The number of carbonyl (C=O) groups is 2. The quantitative estimate of drug-likeness (QED) is 0.698. The van der Waals surface area contributed by atoms with Crippen LogP contribution in [0.2, 0.25) is 0 Å². The number of carbonyl (C=O) groups excluding carboxylic acids is 1. The standard InChI is InChI=1S/C20H26N4O3/c1-24-18-9-5-8-17(16(18)13-21-24)23-20(27)22-15(10-11-19(25)26)12-14-6-3-2-4-7-14/h2-4,6-7,13,15,17H,5,8-12H2,1H3,(H,25,26)(H2,22,23,27). The lowest BCUT2D eigenvalue weighted by atomic mass is 9.93. The van der Waals surface area contributed by atoms with Gasteiger partial charge in [-0.2, -0.15) is 5.10 Å². The van der Waals surface area contributed by atoms with Gasteiger partial charge in [0.2, 0.25) is 0 Å². The number of fused-ring (bicyclic) bond motifs is 1. The van der Waals surface area contributed by atoms with Crippen molar-refractivity contribution < 1.29 is 14.7 Å². The van der Waals surface area contributed by atoms with E-state index in [2.05, 4.69) is 15.7 Å². The second-order valence-electron chi connectivity index (χ2n) is 7.05. The summed E-state index contributed by atoms with van der Waals surface area (Å²) in [5, 5.41) is 19.3. The van der Waals surface area contributed by atoms with Crippen LogP contribution in [0.25, 0.3) is 0 Å². The Balaban J connectivity index is 1.62. The molecule has 3 N–H and O–H groups in total. The van der Waals surface area contributed by atoms with Crippen molar-refractivity contribution in [2.45, 2.75) is 50.6 Å². The second-order valence-corrected chi connectivity index (χ2v) is 7.05. The zero-order valence-electron chi connectivity index (χ0n) is 15.5. The van der Waals surface area contributed by atoms with E-state index < -0.39 is 5.97 Å². The summed E-state index contributed by atoms with van der Waals surface area (Å²) in [5.74, 6) is -0.859. The van der Waals surface area contributed by atoms with Gasteiger partial charge < -0.3 is 15.7 Å². The molecular formula is C20H26N4O3. The Morgan fingerprint density at radius 1 is 1.33 bits per heavy atom. The first-order valence-corrected chi connectivity index (χ1v) is 9.36. The van der Waals surface area contributed by atoms with E-state index in [4.69, 9.17) is 5.11 Å².